The summed E-state index contributed by atoms with van der Waals surface area (Å²) < 4.78 is 6.46. The van der Waals surface area contributed by atoms with Crippen LogP contribution >= 0.6 is 15.9 Å². The van der Waals surface area contributed by atoms with E-state index in [0.29, 0.717) is 18.7 Å². The van der Waals surface area contributed by atoms with Crippen molar-refractivity contribution in [2.24, 2.45) is 0 Å². The summed E-state index contributed by atoms with van der Waals surface area (Å²) in [6.45, 7) is 7.12. The molecule has 1 amide bonds. The van der Waals surface area contributed by atoms with Crippen molar-refractivity contribution in [2.45, 2.75) is 26.9 Å². The monoisotopic (exact) mass is 313 g/mol. The maximum absolute atomic E-state index is 12.1. The molecule has 18 heavy (non-hydrogen) atoms. The third-order valence-electron chi connectivity index (χ3n) is 2.63. The maximum atomic E-state index is 12.1. The number of amides is 1. The lowest BCUT2D eigenvalue weighted by Gasteiger charge is -2.18. The fraction of sp³-hybridized carbons (Fsp3) is 0.500. The summed E-state index contributed by atoms with van der Waals surface area (Å²) in [5, 5.41) is 0. The Morgan fingerprint density at radius 1 is 1.44 bits per heavy atom. The van der Waals surface area contributed by atoms with Crippen molar-refractivity contribution in [1.29, 1.82) is 0 Å². The highest BCUT2D eigenvalue weighted by atomic mass is 79.9. The number of likely N-dealkylation sites (N-methyl/N-ethyl adjacent to an activating group) is 1. The Morgan fingerprint density at radius 2 is 2.11 bits per heavy atom. The lowest BCUT2D eigenvalue weighted by molar-refractivity contribution is 0.0532. The third-order valence-corrected chi connectivity index (χ3v) is 3.52. The van der Waals surface area contributed by atoms with E-state index in [1.165, 1.54) is 0 Å². The number of carbonyl (C=O) groups excluding carboxylic acids is 1. The summed E-state index contributed by atoms with van der Waals surface area (Å²) in [5.74, 6) is 0.0259. The zero-order valence-electron chi connectivity index (χ0n) is 11.4. The zero-order chi connectivity index (χ0) is 13.7. The van der Waals surface area contributed by atoms with Gasteiger partial charge in [0.2, 0.25) is 0 Å². The first kappa shape index (κ1) is 15.2. The van der Waals surface area contributed by atoms with Crippen molar-refractivity contribution in [1.82, 2.24) is 4.90 Å². The number of benzene rings is 1. The van der Waals surface area contributed by atoms with Crippen LogP contribution in [0.5, 0.6) is 0 Å². The van der Waals surface area contributed by atoms with Gasteiger partial charge in [-0.2, -0.15) is 0 Å². The number of rotatable bonds is 5. The van der Waals surface area contributed by atoms with Crippen LogP contribution in [0.3, 0.4) is 0 Å². The molecule has 0 atom stereocenters. The highest BCUT2D eigenvalue weighted by Crippen LogP contribution is 2.17. The van der Waals surface area contributed by atoms with Crippen LogP contribution < -0.4 is 0 Å². The smallest absolute Gasteiger partial charge is 0.253 e. The minimum Gasteiger partial charge on any atom is -0.377 e. The molecule has 0 aliphatic carbocycles. The largest absolute Gasteiger partial charge is 0.377 e. The second-order valence-electron chi connectivity index (χ2n) is 4.61. The van der Waals surface area contributed by atoms with E-state index in [4.69, 9.17) is 4.74 Å². The van der Waals surface area contributed by atoms with E-state index in [9.17, 15) is 4.79 Å². The third kappa shape index (κ3) is 4.42. The van der Waals surface area contributed by atoms with E-state index < -0.39 is 0 Å². The molecule has 1 rings (SSSR count). The predicted molar refractivity (Wildman–Crippen MR) is 76.9 cm³/mol. The van der Waals surface area contributed by atoms with Gasteiger partial charge >= 0.3 is 0 Å². The van der Waals surface area contributed by atoms with Crippen LogP contribution in [0.4, 0.5) is 0 Å². The summed E-state index contributed by atoms with van der Waals surface area (Å²) in [7, 11) is 1.80. The first-order valence-electron chi connectivity index (χ1n) is 6.05. The second kappa shape index (κ2) is 6.90. The number of carbonyl (C=O) groups is 1. The molecule has 0 heterocycles. The average Bonchev–Trinajstić information content (AvgIpc) is 2.31. The molecule has 0 fully saturated rings. The molecular formula is C14H20BrNO2. The quantitative estimate of drug-likeness (QED) is 0.835. The summed E-state index contributed by atoms with van der Waals surface area (Å²) >= 11 is 3.43. The lowest BCUT2D eigenvalue weighted by atomic mass is 10.1. The molecule has 0 N–H and O–H groups in total. The first-order chi connectivity index (χ1) is 8.41. The van der Waals surface area contributed by atoms with Crippen molar-refractivity contribution in [2.75, 3.05) is 20.2 Å². The second-order valence-corrected chi connectivity index (χ2v) is 5.46. The highest BCUT2D eigenvalue weighted by Gasteiger charge is 2.12. The number of halogens is 1. The molecule has 4 heteroatoms. The SMILES string of the molecule is Cc1cc(C(=O)N(C)CCOC(C)C)ccc1Br. The van der Waals surface area contributed by atoms with E-state index in [0.717, 1.165) is 10.0 Å². The van der Waals surface area contributed by atoms with Gasteiger partial charge < -0.3 is 9.64 Å². The van der Waals surface area contributed by atoms with Gasteiger partial charge in [0.05, 0.1) is 12.7 Å². The Hall–Kier alpha value is -0.870. The molecule has 0 saturated carbocycles. The van der Waals surface area contributed by atoms with Crippen molar-refractivity contribution in [3.05, 3.63) is 33.8 Å². The van der Waals surface area contributed by atoms with Crippen molar-refractivity contribution in [3.63, 3.8) is 0 Å². The molecule has 0 radical (unpaired) electrons. The van der Waals surface area contributed by atoms with Gasteiger partial charge in [0.1, 0.15) is 0 Å². The van der Waals surface area contributed by atoms with E-state index >= 15 is 0 Å². The van der Waals surface area contributed by atoms with Crippen LogP contribution in [0.25, 0.3) is 0 Å². The van der Waals surface area contributed by atoms with Gasteiger partial charge in [-0.3, -0.25) is 4.79 Å². The fourth-order valence-corrected chi connectivity index (χ4v) is 1.77. The maximum Gasteiger partial charge on any atom is 0.253 e. The summed E-state index contributed by atoms with van der Waals surface area (Å²) in [6.07, 6.45) is 0.198. The number of nitrogens with zero attached hydrogens (tertiary/aromatic N) is 1. The topological polar surface area (TPSA) is 29.5 Å². The molecule has 0 aromatic heterocycles. The summed E-state index contributed by atoms with van der Waals surface area (Å²) in [6, 6.07) is 5.63. The minimum absolute atomic E-state index is 0.0259. The highest BCUT2D eigenvalue weighted by molar-refractivity contribution is 9.10. The Bertz CT molecular complexity index is 418. The van der Waals surface area contributed by atoms with Gasteiger partial charge in [-0.05, 0) is 44.5 Å². The molecule has 0 aliphatic heterocycles. The molecule has 1 aromatic carbocycles. The standard InChI is InChI=1S/C14H20BrNO2/c1-10(2)18-8-7-16(4)14(17)12-5-6-13(15)11(3)9-12/h5-6,9-10H,7-8H2,1-4H3. The van der Waals surface area contributed by atoms with Crippen LogP contribution in [0, 0.1) is 6.92 Å². The Morgan fingerprint density at radius 3 is 2.67 bits per heavy atom. The molecule has 100 valence electrons. The fourth-order valence-electron chi connectivity index (χ4n) is 1.52. The molecular weight excluding hydrogens is 294 g/mol. The van der Waals surface area contributed by atoms with E-state index in [2.05, 4.69) is 15.9 Å². The zero-order valence-corrected chi connectivity index (χ0v) is 13.0. The summed E-state index contributed by atoms with van der Waals surface area (Å²) in [5.41, 5.74) is 1.77. The van der Waals surface area contributed by atoms with Crippen molar-refractivity contribution >= 4 is 21.8 Å². The number of hydrogen-bond donors (Lipinski definition) is 0. The number of hydrogen-bond acceptors (Lipinski definition) is 2. The Labute approximate surface area is 117 Å². The average molecular weight is 314 g/mol. The molecule has 0 unspecified atom stereocenters. The van der Waals surface area contributed by atoms with Crippen LogP contribution in [-0.2, 0) is 4.74 Å². The lowest BCUT2D eigenvalue weighted by Crippen LogP contribution is -2.30. The molecule has 0 spiro atoms. The first-order valence-corrected chi connectivity index (χ1v) is 6.84. The number of aryl methyl sites for hydroxylation is 1. The minimum atomic E-state index is 0.0259. The van der Waals surface area contributed by atoms with Crippen LogP contribution in [0.15, 0.2) is 22.7 Å². The van der Waals surface area contributed by atoms with Gasteiger partial charge in [0.25, 0.3) is 5.91 Å². The number of ether oxygens (including phenoxy) is 1. The van der Waals surface area contributed by atoms with Gasteiger partial charge in [0.15, 0.2) is 0 Å². The predicted octanol–water partition coefficient (Wildman–Crippen LogP) is 3.25. The van der Waals surface area contributed by atoms with Gasteiger partial charge in [-0.15, -0.1) is 0 Å². The normalized spacial score (nSPS) is 10.8. The van der Waals surface area contributed by atoms with E-state index in [-0.39, 0.29) is 12.0 Å². The van der Waals surface area contributed by atoms with E-state index in [1.54, 1.807) is 11.9 Å². The van der Waals surface area contributed by atoms with Crippen molar-refractivity contribution < 1.29 is 9.53 Å². The van der Waals surface area contributed by atoms with Crippen molar-refractivity contribution in [3.8, 4) is 0 Å². The Kier molecular flexibility index (Phi) is 5.82. The van der Waals surface area contributed by atoms with E-state index in [1.807, 2.05) is 39.0 Å². The van der Waals surface area contributed by atoms with Gasteiger partial charge in [0, 0.05) is 23.6 Å². The Balaban J connectivity index is 2.60. The summed E-state index contributed by atoms with van der Waals surface area (Å²) in [4.78, 5) is 13.8. The molecule has 0 bridgehead atoms. The van der Waals surface area contributed by atoms with Crippen LogP contribution in [-0.4, -0.2) is 37.1 Å². The molecule has 0 saturated heterocycles. The molecule has 1 aromatic rings. The van der Waals surface area contributed by atoms with Crippen LogP contribution in [0.2, 0.25) is 0 Å². The molecule has 3 nitrogen and oxygen atoms in total. The molecule has 0 aliphatic rings. The van der Waals surface area contributed by atoms with Gasteiger partial charge in [-0.25, -0.2) is 0 Å². The van der Waals surface area contributed by atoms with Crippen LogP contribution in [0.1, 0.15) is 29.8 Å². The van der Waals surface area contributed by atoms with Gasteiger partial charge in [-0.1, -0.05) is 15.9 Å².